The number of Topliss-reactive ketones (excluding diaryl/α,β-unsaturated/α-hetero) is 1. The Morgan fingerprint density at radius 3 is 2.53 bits per heavy atom. The number of aromatic nitrogens is 1. The molecule has 1 saturated heterocycles. The molecular weight excluding hydrogens is 549 g/mol. The number of carbonyl (C=O) groups is 3. The summed E-state index contributed by atoms with van der Waals surface area (Å²) in [5.74, 6) is -1.30. The number of nitrogens with one attached hydrogen (secondary N) is 2. The maximum atomic E-state index is 15.7. The second-order valence-corrected chi connectivity index (χ2v) is 13.5. The Bertz CT molecular complexity index is 1420. The van der Waals surface area contributed by atoms with Crippen LogP contribution >= 0.6 is 0 Å². The minimum absolute atomic E-state index is 0.0186. The van der Waals surface area contributed by atoms with Crippen molar-refractivity contribution in [2.24, 2.45) is 17.1 Å². The molecule has 43 heavy (non-hydrogen) atoms. The molecule has 0 spiro atoms. The molecule has 9 nitrogen and oxygen atoms in total. The standard InChI is InChI=1S/C33H44FN5O4/c1-33(2)18-27-29(28(40)19-33)23-4-3-5-26(23)39(27)22-16-24(34)30(31(35)41)25(17-22)37-21-8-6-20(7-9-21)32(42)36-10-11-38-12-14-43-15-13-38/h16-17,20-21,37H,3-15,18-19H2,1-2H3,(H2,35,41)(H,36,42). The molecule has 0 radical (unpaired) electrons. The number of morpholine rings is 1. The Labute approximate surface area is 252 Å². The van der Waals surface area contributed by atoms with E-state index in [9.17, 15) is 14.4 Å². The second-order valence-electron chi connectivity index (χ2n) is 13.5. The number of benzene rings is 1. The predicted molar refractivity (Wildman–Crippen MR) is 162 cm³/mol. The number of ether oxygens (including phenoxy) is 1. The summed E-state index contributed by atoms with van der Waals surface area (Å²) in [4.78, 5) is 40.8. The van der Waals surface area contributed by atoms with Gasteiger partial charge in [-0.15, -0.1) is 0 Å². The van der Waals surface area contributed by atoms with Gasteiger partial charge in [0.15, 0.2) is 5.78 Å². The van der Waals surface area contributed by atoms with E-state index in [-0.39, 0.29) is 34.6 Å². The number of nitrogens with zero attached hydrogens (tertiary/aromatic N) is 2. The summed E-state index contributed by atoms with van der Waals surface area (Å²) in [5.41, 5.74) is 10.3. The van der Waals surface area contributed by atoms with Gasteiger partial charge in [-0.1, -0.05) is 13.8 Å². The molecule has 0 bridgehead atoms. The van der Waals surface area contributed by atoms with E-state index >= 15 is 4.39 Å². The molecule has 2 aromatic rings. The first-order chi connectivity index (χ1) is 20.6. The number of ketones is 1. The average Bonchev–Trinajstić information content (AvgIpc) is 3.53. The summed E-state index contributed by atoms with van der Waals surface area (Å²) in [7, 11) is 0. The van der Waals surface area contributed by atoms with E-state index in [4.69, 9.17) is 10.5 Å². The minimum Gasteiger partial charge on any atom is -0.382 e. The van der Waals surface area contributed by atoms with E-state index in [1.54, 1.807) is 0 Å². The van der Waals surface area contributed by atoms with Crippen LogP contribution in [-0.4, -0.2) is 72.5 Å². The Kier molecular flexibility index (Phi) is 8.35. The monoisotopic (exact) mass is 593 g/mol. The molecule has 10 heteroatoms. The summed E-state index contributed by atoms with van der Waals surface area (Å²) in [5, 5.41) is 6.51. The maximum absolute atomic E-state index is 15.7. The Balaban J connectivity index is 1.18. The van der Waals surface area contributed by atoms with Gasteiger partial charge in [-0.2, -0.15) is 0 Å². The zero-order valence-electron chi connectivity index (χ0n) is 25.4. The molecule has 0 atom stereocenters. The topological polar surface area (TPSA) is 119 Å². The highest BCUT2D eigenvalue weighted by molar-refractivity contribution is 6.01. The zero-order valence-corrected chi connectivity index (χ0v) is 25.4. The number of hydrogen-bond donors (Lipinski definition) is 3. The summed E-state index contributed by atoms with van der Waals surface area (Å²) in [6.07, 6.45) is 6.76. The molecule has 1 aromatic carbocycles. The first kappa shape index (κ1) is 29.8. The third-order valence-corrected chi connectivity index (χ3v) is 9.75. The van der Waals surface area contributed by atoms with Crippen molar-refractivity contribution in [3.8, 4) is 5.69 Å². The molecule has 4 aliphatic rings. The fourth-order valence-electron chi connectivity index (χ4n) is 7.65. The van der Waals surface area contributed by atoms with Gasteiger partial charge in [0.05, 0.1) is 30.2 Å². The van der Waals surface area contributed by atoms with Crippen LogP contribution in [0.15, 0.2) is 12.1 Å². The number of halogens is 1. The number of fused-ring (bicyclic) bond motifs is 3. The molecule has 232 valence electrons. The first-order valence-electron chi connectivity index (χ1n) is 15.9. The number of rotatable bonds is 8. The fourth-order valence-corrected chi connectivity index (χ4v) is 7.65. The van der Waals surface area contributed by atoms with Crippen LogP contribution in [0.4, 0.5) is 10.1 Å². The fraction of sp³-hybridized carbons (Fsp3) is 0.606. The van der Waals surface area contributed by atoms with Crippen LogP contribution in [0.25, 0.3) is 5.69 Å². The molecule has 4 N–H and O–H groups in total. The molecule has 2 heterocycles. The van der Waals surface area contributed by atoms with E-state index in [0.29, 0.717) is 37.2 Å². The van der Waals surface area contributed by atoms with Gasteiger partial charge in [0.25, 0.3) is 5.91 Å². The third kappa shape index (κ3) is 6.09. The highest BCUT2D eigenvalue weighted by atomic mass is 19.1. The van der Waals surface area contributed by atoms with Crippen LogP contribution in [0, 0.1) is 17.2 Å². The van der Waals surface area contributed by atoms with E-state index in [1.807, 2.05) is 6.07 Å². The Morgan fingerprint density at radius 2 is 1.81 bits per heavy atom. The predicted octanol–water partition coefficient (Wildman–Crippen LogP) is 3.78. The van der Waals surface area contributed by atoms with E-state index in [2.05, 4.69) is 33.9 Å². The smallest absolute Gasteiger partial charge is 0.253 e. The van der Waals surface area contributed by atoms with Gasteiger partial charge < -0.3 is 25.7 Å². The van der Waals surface area contributed by atoms with Gasteiger partial charge in [0.1, 0.15) is 5.82 Å². The molecule has 0 unspecified atom stereocenters. The molecule has 2 amide bonds. The van der Waals surface area contributed by atoms with Gasteiger partial charge in [0, 0.05) is 61.5 Å². The number of primary amides is 1. The summed E-state index contributed by atoms with van der Waals surface area (Å²) < 4.78 is 23.1. The highest BCUT2D eigenvalue weighted by Crippen LogP contribution is 2.43. The van der Waals surface area contributed by atoms with Gasteiger partial charge in [-0.3, -0.25) is 19.3 Å². The summed E-state index contributed by atoms with van der Waals surface area (Å²) in [6, 6.07) is 3.18. The summed E-state index contributed by atoms with van der Waals surface area (Å²) >= 11 is 0. The van der Waals surface area contributed by atoms with Crippen molar-refractivity contribution in [1.29, 1.82) is 0 Å². The van der Waals surface area contributed by atoms with Crippen molar-refractivity contribution < 1.29 is 23.5 Å². The molecule has 2 fully saturated rings. The molecule has 3 aliphatic carbocycles. The normalized spacial score (nSPS) is 23.5. The van der Waals surface area contributed by atoms with Gasteiger partial charge in [-0.25, -0.2) is 4.39 Å². The van der Waals surface area contributed by atoms with Crippen molar-refractivity contribution in [2.45, 2.75) is 77.7 Å². The van der Waals surface area contributed by atoms with Crippen LogP contribution in [0.1, 0.15) is 90.0 Å². The molecule has 1 aromatic heterocycles. The lowest BCUT2D eigenvalue weighted by Gasteiger charge is -2.31. The average molecular weight is 594 g/mol. The molecule has 1 aliphatic heterocycles. The van der Waals surface area contributed by atoms with Crippen molar-refractivity contribution in [1.82, 2.24) is 14.8 Å². The van der Waals surface area contributed by atoms with Crippen LogP contribution in [-0.2, 0) is 28.8 Å². The lowest BCUT2D eigenvalue weighted by atomic mass is 9.75. The van der Waals surface area contributed by atoms with Crippen LogP contribution in [0.3, 0.4) is 0 Å². The Hall–Kier alpha value is -3.24. The SMILES string of the molecule is CC1(C)CC(=O)c2c3c(n(-c4cc(F)c(C(N)=O)c(NC5CCC(C(=O)NCCN6CCOCC6)CC5)c4)c2C1)CCC3. The van der Waals surface area contributed by atoms with Crippen molar-refractivity contribution in [2.75, 3.05) is 44.7 Å². The number of nitrogens with two attached hydrogens (primary N) is 1. The lowest BCUT2D eigenvalue weighted by Crippen LogP contribution is -2.43. The zero-order chi connectivity index (χ0) is 30.3. The second kappa shape index (κ2) is 12.0. The van der Waals surface area contributed by atoms with Crippen molar-refractivity contribution >= 4 is 23.3 Å². The van der Waals surface area contributed by atoms with Gasteiger partial charge in [0.2, 0.25) is 5.91 Å². The van der Waals surface area contributed by atoms with E-state index < -0.39 is 11.7 Å². The Morgan fingerprint density at radius 1 is 1.07 bits per heavy atom. The van der Waals surface area contributed by atoms with Gasteiger partial charge >= 0.3 is 0 Å². The first-order valence-corrected chi connectivity index (χ1v) is 15.9. The number of carbonyl (C=O) groups excluding carboxylic acids is 3. The minimum atomic E-state index is -0.823. The van der Waals surface area contributed by atoms with Crippen LogP contribution in [0.2, 0.25) is 0 Å². The number of amides is 2. The highest BCUT2D eigenvalue weighted by Gasteiger charge is 2.39. The van der Waals surface area contributed by atoms with Gasteiger partial charge in [-0.05, 0) is 74.5 Å². The van der Waals surface area contributed by atoms with E-state index in [0.717, 1.165) is 93.9 Å². The maximum Gasteiger partial charge on any atom is 0.253 e. The molecule has 1 saturated carbocycles. The van der Waals surface area contributed by atoms with E-state index in [1.165, 1.54) is 6.07 Å². The van der Waals surface area contributed by atoms with Crippen LogP contribution < -0.4 is 16.4 Å². The molecule has 6 rings (SSSR count). The summed E-state index contributed by atoms with van der Waals surface area (Å²) in [6.45, 7) is 8.91. The number of hydrogen-bond acceptors (Lipinski definition) is 6. The van der Waals surface area contributed by atoms with Crippen molar-refractivity contribution in [3.05, 3.63) is 46.0 Å². The quantitative estimate of drug-likeness (QED) is 0.429. The largest absolute Gasteiger partial charge is 0.382 e. The third-order valence-electron chi connectivity index (χ3n) is 9.75. The molecular formula is C33H44FN5O4. The number of anilines is 1. The lowest BCUT2D eigenvalue weighted by molar-refractivity contribution is -0.126. The van der Waals surface area contributed by atoms with Crippen molar-refractivity contribution in [3.63, 3.8) is 0 Å². The van der Waals surface area contributed by atoms with Crippen LogP contribution in [0.5, 0.6) is 0 Å².